The van der Waals surface area contributed by atoms with Gasteiger partial charge in [0, 0.05) is 24.3 Å². The average molecular weight is 390 g/mol. The van der Waals surface area contributed by atoms with Gasteiger partial charge in [0.05, 0.1) is 18.9 Å². The van der Waals surface area contributed by atoms with Crippen molar-refractivity contribution >= 4 is 17.3 Å². The quantitative estimate of drug-likeness (QED) is 0.697. The van der Waals surface area contributed by atoms with Crippen molar-refractivity contribution in [2.45, 2.75) is 6.42 Å². The Kier molecular flexibility index (Phi) is 5.86. The van der Waals surface area contributed by atoms with Crippen LogP contribution in [0.5, 0.6) is 0 Å². The number of amides is 1. The van der Waals surface area contributed by atoms with Crippen molar-refractivity contribution in [3.05, 3.63) is 95.3 Å². The van der Waals surface area contributed by atoms with Crippen LogP contribution in [-0.2, 0) is 11.2 Å². The number of hydrogen-bond donors (Lipinski definition) is 1. The molecule has 1 fully saturated rings. The van der Waals surface area contributed by atoms with Gasteiger partial charge in [0.1, 0.15) is 5.82 Å². The molecule has 148 valence electrons. The molecule has 1 amide bonds. The summed E-state index contributed by atoms with van der Waals surface area (Å²) in [6, 6.07) is 22.3. The number of hydrogen-bond acceptors (Lipinski definition) is 3. The Morgan fingerprint density at radius 3 is 2.45 bits per heavy atom. The molecule has 1 aliphatic heterocycles. The average Bonchev–Trinajstić information content (AvgIpc) is 2.75. The largest absolute Gasteiger partial charge is 0.378 e. The number of carbonyl (C=O) groups is 1. The van der Waals surface area contributed by atoms with Crippen molar-refractivity contribution in [1.82, 2.24) is 0 Å². The van der Waals surface area contributed by atoms with E-state index in [0.29, 0.717) is 49.7 Å². The van der Waals surface area contributed by atoms with Crippen LogP contribution in [0.1, 0.15) is 21.5 Å². The number of rotatable bonds is 5. The zero-order valence-corrected chi connectivity index (χ0v) is 16.1. The minimum absolute atomic E-state index is 0.241. The van der Waals surface area contributed by atoms with E-state index < -0.39 is 0 Å². The van der Waals surface area contributed by atoms with Gasteiger partial charge in [-0.3, -0.25) is 4.79 Å². The van der Waals surface area contributed by atoms with Crippen LogP contribution in [0.25, 0.3) is 0 Å². The molecule has 1 aliphatic rings. The molecule has 0 bridgehead atoms. The number of benzene rings is 3. The lowest BCUT2D eigenvalue weighted by molar-refractivity contribution is 0.102. The fourth-order valence-electron chi connectivity index (χ4n) is 3.56. The molecule has 1 saturated heterocycles. The summed E-state index contributed by atoms with van der Waals surface area (Å²) < 4.78 is 19.9. The van der Waals surface area contributed by atoms with Crippen molar-refractivity contribution in [2.24, 2.45) is 0 Å². The highest BCUT2D eigenvalue weighted by atomic mass is 19.1. The van der Waals surface area contributed by atoms with E-state index in [4.69, 9.17) is 4.74 Å². The van der Waals surface area contributed by atoms with Crippen molar-refractivity contribution in [2.75, 3.05) is 36.5 Å². The van der Waals surface area contributed by atoms with Crippen LogP contribution in [-0.4, -0.2) is 32.2 Å². The molecular weight excluding hydrogens is 367 g/mol. The molecule has 5 heteroatoms. The van der Waals surface area contributed by atoms with E-state index in [9.17, 15) is 9.18 Å². The van der Waals surface area contributed by atoms with Crippen LogP contribution in [0, 0.1) is 5.82 Å². The molecular formula is C24H23FN2O2. The Labute approximate surface area is 169 Å². The Bertz CT molecular complexity index is 985. The number of carbonyl (C=O) groups excluding carboxylic acids is 1. The van der Waals surface area contributed by atoms with E-state index >= 15 is 0 Å². The summed E-state index contributed by atoms with van der Waals surface area (Å²) in [4.78, 5) is 14.8. The van der Waals surface area contributed by atoms with Gasteiger partial charge in [-0.1, -0.05) is 48.5 Å². The highest BCUT2D eigenvalue weighted by Gasteiger charge is 2.17. The van der Waals surface area contributed by atoms with Gasteiger partial charge >= 0.3 is 0 Å². The Balaban J connectivity index is 1.50. The molecule has 0 unspecified atom stereocenters. The molecule has 3 aromatic rings. The van der Waals surface area contributed by atoms with Gasteiger partial charge in [-0.05, 0) is 41.8 Å². The van der Waals surface area contributed by atoms with Gasteiger partial charge in [0.2, 0.25) is 0 Å². The number of ether oxygens (including phenoxy) is 1. The monoisotopic (exact) mass is 390 g/mol. The number of nitrogens with zero attached hydrogens (tertiary/aromatic N) is 1. The van der Waals surface area contributed by atoms with Gasteiger partial charge in [-0.2, -0.15) is 0 Å². The lowest BCUT2D eigenvalue weighted by Crippen LogP contribution is -2.36. The molecule has 0 aliphatic carbocycles. The van der Waals surface area contributed by atoms with Crippen LogP contribution < -0.4 is 10.2 Å². The van der Waals surface area contributed by atoms with Crippen LogP contribution >= 0.6 is 0 Å². The summed E-state index contributed by atoms with van der Waals surface area (Å²) in [6.07, 6.45) is 0.661. The van der Waals surface area contributed by atoms with Crippen molar-refractivity contribution < 1.29 is 13.9 Å². The molecule has 1 N–H and O–H groups in total. The van der Waals surface area contributed by atoms with E-state index in [0.717, 1.165) is 11.1 Å². The third-order valence-corrected chi connectivity index (χ3v) is 5.06. The Morgan fingerprint density at radius 1 is 0.966 bits per heavy atom. The molecule has 3 aromatic carbocycles. The summed E-state index contributed by atoms with van der Waals surface area (Å²) in [5.41, 5.74) is 3.64. The standard InChI is InChI=1S/C24H23FN2O2/c25-22-17-20(10-11-23(22)27-12-14-29-15-13-27)26-24(28)21-9-5-4-8-19(21)16-18-6-2-1-3-7-18/h1-11,17H,12-16H2,(H,26,28). The molecule has 0 atom stereocenters. The normalized spacial score (nSPS) is 13.9. The third kappa shape index (κ3) is 4.63. The van der Waals surface area contributed by atoms with E-state index in [1.54, 1.807) is 18.2 Å². The maximum Gasteiger partial charge on any atom is 0.255 e. The predicted molar refractivity (Wildman–Crippen MR) is 113 cm³/mol. The summed E-state index contributed by atoms with van der Waals surface area (Å²) in [6.45, 7) is 2.51. The molecule has 0 aromatic heterocycles. The van der Waals surface area contributed by atoms with Crippen LogP contribution in [0.3, 0.4) is 0 Å². The molecule has 0 saturated carbocycles. The summed E-state index contributed by atoms with van der Waals surface area (Å²) in [7, 11) is 0. The highest BCUT2D eigenvalue weighted by molar-refractivity contribution is 6.05. The summed E-state index contributed by atoms with van der Waals surface area (Å²) in [5, 5.41) is 2.83. The van der Waals surface area contributed by atoms with Crippen molar-refractivity contribution in [1.29, 1.82) is 0 Å². The number of nitrogens with one attached hydrogen (secondary N) is 1. The molecule has 29 heavy (non-hydrogen) atoms. The minimum Gasteiger partial charge on any atom is -0.378 e. The van der Waals surface area contributed by atoms with Crippen LogP contribution in [0.4, 0.5) is 15.8 Å². The molecule has 0 spiro atoms. The second-order valence-corrected chi connectivity index (χ2v) is 7.04. The number of halogens is 1. The highest BCUT2D eigenvalue weighted by Crippen LogP contribution is 2.24. The van der Waals surface area contributed by atoms with Gasteiger partial charge in [0.15, 0.2) is 0 Å². The second-order valence-electron chi connectivity index (χ2n) is 7.04. The second kappa shape index (κ2) is 8.88. The van der Waals surface area contributed by atoms with E-state index in [1.165, 1.54) is 6.07 Å². The van der Waals surface area contributed by atoms with E-state index in [-0.39, 0.29) is 11.7 Å². The predicted octanol–water partition coefficient (Wildman–Crippen LogP) is 4.51. The maximum absolute atomic E-state index is 14.6. The van der Waals surface area contributed by atoms with Gasteiger partial charge in [0.25, 0.3) is 5.91 Å². The first-order valence-electron chi connectivity index (χ1n) is 9.76. The molecule has 0 radical (unpaired) electrons. The fraction of sp³-hybridized carbons (Fsp3) is 0.208. The number of anilines is 2. The maximum atomic E-state index is 14.6. The fourth-order valence-corrected chi connectivity index (χ4v) is 3.56. The first-order chi connectivity index (χ1) is 14.2. The summed E-state index contributed by atoms with van der Waals surface area (Å²) >= 11 is 0. The lowest BCUT2D eigenvalue weighted by Gasteiger charge is -2.29. The topological polar surface area (TPSA) is 41.6 Å². The zero-order valence-electron chi connectivity index (χ0n) is 16.1. The first-order valence-corrected chi connectivity index (χ1v) is 9.76. The SMILES string of the molecule is O=C(Nc1ccc(N2CCOCC2)c(F)c1)c1ccccc1Cc1ccccc1. The Morgan fingerprint density at radius 2 is 1.69 bits per heavy atom. The van der Waals surface area contributed by atoms with Crippen LogP contribution in [0.2, 0.25) is 0 Å². The Hall–Kier alpha value is -3.18. The van der Waals surface area contributed by atoms with Gasteiger partial charge in [-0.25, -0.2) is 4.39 Å². The first kappa shape index (κ1) is 19.2. The molecule has 1 heterocycles. The third-order valence-electron chi connectivity index (χ3n) is 5.06. The van der Waals surface area contributed by atoms with Crippen LogP contribution in [0.15, 0.2) is 72.8 Å². The van der Waals surface area contributed by atoms with E-state index in [2.05, 4.69) is 5.32 Å². The summed E-state index contributed by atoms with van der Waals surface area (Å²) in [5.74, 6) is -0.586. The lowest BCUT2D eigenvalue weighted by atomic mass is 9.99. The smallest absolute Gasteiger partial charge is 0.255 e. The zero-order chi connectivity index (χ0) is 20.1. The minimum atomic E-state index is -0.345. The van der Waals surface area contributed by atoms with Gasteiger partial charge in [-0.15, -0.1) is 0 Å². The van der Waals surface area contributed by atoms with E-state index in [1.807, 2.05) is 53.4 Å². The van der Waals surface area contributed by atoms with Crippen molar-refractivity contribution in [3.63, 3.8) is 0 Å². The molecule has 4 nitrogen and oxygen atoms in total. The number of morpholine rings is 1. The molecule has 4 rings (SSSR count). The van der Waals surface area contributed by atoms with Crippen molar-refractivity contribution in [3.8, 4) is 0 Å². The van der Waals surface area contributed by atoms with Gasteiger partial charge < -0.3 is 15.0 Å².